The van der Waals surface area contributed by atoms with Gasteiger partial charge in [-0.05, 0) is 18.6 Å². The molecule has 0 bridgehead atoms. The van der Waals surface area contributed by atoms with Crippen LogP contribution < -0.4 is 10.1 Å². The van der Waals surface area contributed by atoms with Crippen molar-refractivity contribution < 1.29 is 4.74 Å². The standard InChI is InChI=1S/C13H11NO/c1-4-10-7-6-9(3)13-12(10)14-8-11(5-2)15-13/h1-2,6-7,11,14H,8H2,3H3. The molecule has 1 aromatic rings. The van der Waals surface area contributed by atoms with E-state index in [9.17, 15) is 0 Å². The molecule has 0 radical (unpaired) electrons. The highest BCUT2D eigenvalue weighted by Gasteiger charge is 2.20. The smallest absolute Gasteiger partial charge is 0.176 e. The molecule has 1 aliphatic rings. The molecule has 0 fully saturated rings. The van der Waals surface area contributed by atoms with Crippen LogP contribution in [-0.4, -0.2) is 12.6 Å². The Balaban J connectivity index is 2.52. The van der Waals surface area contributed by atoms with Gasteiger partial charge in [0.15, 0.2) is 6.10 Å². The van der Waals surface area contributed by atoms with Gasteiger partial charge >= 0.3 is 0 Å². The van der Waals surface area contributed by atoms with Gasteiger partial charge in [-0.25, -0.2) is 0 Å². The first-order valence-corrected chi connectivity index (χ1v) is 4.73. The molecule has 1 heterocycles. The molecule has 1 aromatic carbocycles. The van der Waals surface area contributed by atoms with Gasteiger partial charge in [-0.3, -0.25) is 0 Å². The van der Waals surface area contributed by atoms with E-state index in [-0.39, 0.29) is 6.10 Å². The number of terminal acetylenes is 2. The highest BCUT2D eigenvalue weighted by atomic mass is 16.5. The van der Waals surface area contributed by atoms with Crippen molar-refractivity contribution in [2.24, 2.45) is 0 Å². The zero-order valence-corrected chi connectivity index (χ0v) is 8.50. The molecule has 0 aliphatic carbocycles. The van der Waals surface area contributed by atoms with Crippen molar-refractivity contribution >= 4 is 5.69 Å². The average Bonchev–Trinajstić information content (AvgIpc) is 2.29. The van der Waals surface area contributed by atoms with E-state index in [2.05, 4.69) is 17.2 Å². The topological polar surface area (TPSA) is 21.3 Å². The summed E-state index contributed by atoms with van der Waals surface area (Å²) < 4.78 is 5.66. The molecule has 2 heteroatoms. The third-order valence-electron chi connectivity index (χ3n) is 2.42. The molecule has 1 aliphatic heterocycles. The number of hydrogen-bond acceptors (Lipinski definition) is 2. The number of benzene rings is 1. The van der Waals surface area contributed by atoms with Crippen LogP contribution in [0, 0.1) is 31.6 Å². The Labute approximate surface area is 89.6 Å². The Morgan fingerprint density at radius 3 is 2.93 bits per heavy atom. The van der Waals surface area contributed by atoms with Gasteiger partial charge in [-0.1, -0.05) is 17.9 Å². The van der Waals surface area contributed by atoms with Gasteiger partial charge in [0, 0.05) is 0 Å². The molecule has 0 saturated carbocycles. The second-order valence-electron chi connectivity index (χ2n) is 3.43. The number of ether oxygens (including phenoxy) is 1. The highest BCUT2D eigenvalue weighted by Crippen LogP contribution is 2.35. The maximum atomic E-state index is 5.66. The predicted molar refractivity (Wildman–Crippen MR) is 60.9 cm³/mol. The summed E-state index contributed by atoms with van der Waals surface area (Å²) in [6.45, 7) is 2.57. The van der Waals surface area contributed by atoms with Crippen LogP contribution in [-0.2, 0) is 0 Å². The fraction of sp³-hybridized carbons (Fsp3) is 0.231. The maximum absolute atomic E-state index is 5.66. The molecular weight excluding hydrogens is 186 g/mol. The van der Waals surface area contributed by atoms with Crippen LogP contribution in [0.3, 0.4) is 0 Å². The van der Waals surface area contributed by atoms with Gasteiger partial charge in [0.05, 0.1) is 17.8 Å². The summed E-state index contributed by atoms with van der Waals surface area (Å²) in [4.78, 5) is 0. The number of anilines is 1. The summed E-state index contributed by atoms with van der Waals surface area (Å²) in [5, 5.41) is 3.21. The average molecular weight is 197 g/mol. The first-order valence-electron chi connectivity index (χ1n) is 4.73. The molecule has 2 nitrogen and oxygen atoms in total. The normalized spacial score (nSPS) is 17.7. The lowest BCUT2D eigenvalue weighted by Gasteiger charge is -2.26. The van der Waals surface area contributed by atoms with Crippen molar-refractivity contribution in [3.8, 4) is 30.4 Å². The minimum Gasteiger partial charge on any atom is -0.473 e. The number of fused-ring (bicyclic) bond motifs is 1. The first kappa shape index (κ1) is 9.49. The summed E-state index contributed by atoms with van der Waals surface area (Å²) in [6.07, 6.45) is 10.5. The summed E-state index contributed by atoms with van der Waals surface area (Å²) >= 11 is 0. The molecule has 1 unspecified atom stereocenters. The van der Waals surface area contributed by atoms with E-state index in [1.165, 1.54) is 0 Å². The van der Waals surface area contributed by atoms with E-state index in [0.29, 0.717) is 6.54 Å². The van der Waals surface area contributed by atoms with Crippen molar-refractivity contribution in [2.75, 3.05) is 11.9 Å². The Bertz CT molecular complexity index is 477. The van der Waals surface area contributed by atoms with E-state index in [4.69, 9.17) is 17.6 Å². The Morgan fingerprint density at radius 1 is 1.47 bits per heavy atom. The van der Waals surface area contributed by atoms with Crippen LogP contribution in [0.1, 0.15) is 11.1 Å². The Morgan fingerprint density at radius 2 is 2.27 bits per heavy atom. The maximum Gasteiger partial charge on any atom is 0.176 e. The molecule has 0 saturated heterocycles. The van der Waals surface area contributed by atoms with Crippen molar-refractivity contribution in [2.45, 2.75) is 13.0 Å². The van der Waals surface area contributed by atoms with Crippen LogP contribution >= 0.6 is 0 Å². The lowest BCUT2D eigenvalue weighted by Crippen LogP contribution is -2.30. The van der Waals surface area contributed by atoms with Crippen molar-refractivity contribution in [1.29, 1.82) is 0 Å². The lowest BCUT2D eigenvalue weighted by molar-refractivity contribution is 0.260. The zero-order chi connectivity index (χ0) is 10.8. The van der Waals surface area contributed by atoms with Crippen LogP contribution in [0.5, 0.6) is 5.75 Å². The number of hydrogen-bond donors (Lipinski definition) is 1. The molecule has 2 rings (SSSR count). The fourth-order valence-corrected chi connectivity index (χ4v) is 1.61. The third-order valence-corrected chi connectivity index (χ3v) is 2.42. The van der Waals surface area contributed by atoms with Gasteiger partial charge in [0.25, 0.3) is 0 Å². The highest BCUT2D eigenvalue weighted by molar-refractivity contribution is 5.70. The first-order chi connectivity index (χ1) is 7.26. The van der Waals surface area contributed by atoms with Crippen molar-refractivity contribution in [3.63, 3.8) is 0 Å². The zero-order valence-electron chi connectivity index (χ0n) is 8.50. The van der Waals surface area contributed by atoms with E-state index in [0.717, 1.165) is 22.6 Å². The molecule has 0 amide bonds. The number of rotatable bonds is 0. The molecule has 15 heavy (non-hydrogen) atoms. The Hall–Kier alpha value is -2.06. The monoisotopic (exact) mass is 197 g/mol. The predicted octanol–water partition coefficient (Wildman–Crippen LogP) is 1.78. The molecule has 1 N–H and O–H groups in total. The summed E-state index contributed by atoms with van der Waals surface area (Å²) in [5.41, 5.74) is 2.73. The minimum atomic E-state index is -0.218. The number of nitrogens with one attached hydrogen (secondary N) is 1. The summed E-state index contributed by atoms with van der Waals surface area (Å²) in [5.74, 6) is 5.97. The number of aryl methyl sites for hydroxylation is 1. The second-order valence-corrected chi connectivity index (χ2v) is 3.43. The summed E-state index contributed by atoms with van der Waals surface area (Å²) in [6, 6.07) is 3.84. The van der Waals surface area contributed by atoms with Gasteiger partial charge in [0.1, 0.15) is 5.75 Å². The molecule has 1 atom stereocenters. The largest absolute Gasteiger partial charge is 0.473 e. The fourth-order valence-electron chi connectivity index (χ4n) is 1.61. The molecular formula is C13H11NO. The van der Waals surface area contributed by atoms with Crippen LogP contribution in [0.4, 0.5) is 5.69 Å². The summed E-state index contributed by atoms with van der Waals surface area (Å²) in [7, 11) is 0. The van der Waals surface area contributed by atoms with Crippen LogP contribution in [0.15, 0.2) is 12.1 Å². The second kappa shape index (κ2) is 3.59. The van der Waals surface area contributed by atoms with Crippen LogP contribution in [0.2, 0.25) is 0 Å². The Kier molecular flexibility index (Phi) is 2.27. The third kappa shape index (κ3) is 1.51. The quantitative estimate of drug-likeness (QED) is 0.640. The van der Waals surface area contributed by atoms with E-state index >= 15 is 0 Å². The van der Waals surface area contributed by atoms with Crippen molar-refractivity contribution in [1.82, 2.24) is 0 Å². The van der Waals surface area contributed by atoms with Crippen molar-refractivity contribution in [3.05, 3.63) is 23.3 Å². The van der Waals surface area contributed by atoms with Crippen LogP contribution in [0.25, 0.3) is 0 Å². The SMILES string of the molecule is C#Cc1ccc(C)c2c1NCC(C#C)O2. The van der Waals surface area contributed by atoms with Gasteiger partial charge < -0.3 is 10.1 Å². The molecule has 0 aromatic heterocycles. The van der Waals surface area contributed by atoms with Gasteiger partial charge in [-0.2, -0.15) is 0 Å². The van der Waals surface area contributed by atoms with Gasteiger partial charge in [-0.15, -0.1) is 12.8 Å². The van der Waals surface area contributed by atoms with E-state index < -0.39 is 0 Å². The minimum absolute atomic E-state index is 0.218. The van der Waals surface area contributed by atoms with Gasteiger partial charge in [0.2, 0.25) is 0 Å². The molecule has 74 valence electrons. The van der Waals surface area contributed by atoms with E-state index in [1.807, 2.05) is 19.1 Å². The molecule has 0 spiro atoms. The van der Waals surface area contributed by atoms with E-state index in [1.54, 1.807) is 0 Å². The lowest BCUT2D eigenvalue weighted by atomic mass is 10.1.